The van der Waals surface area contributed by atoms with Gasteiger partial charge >= 0.3 is 19.4 Å². The number of aromatic nitrogens is 2. The number of halogens is 1. The van der Waals surface area contributed by atoms with Crippen molar-refractivity contribution in [3.8, 4) is 17.0 Å². The number of esters is 1. The van der Waals surface area contributed by atoms with Crippen LogP contribution in [0, 0.1) is 16.7 Å². The number of aliphatic hydroxyl groups is 2. The van der Waals surface area contributed by atoms with Crippen LogP contribution in [0.5, 0.6) is 5.75 Å². The number of carbonyl (C=O) groups excluding carboxylic acids is 1. The Hall–Kier alpha value is -3.47. The Morgan fingerprint density at radius 3 is 2.61 bits per heavy atom. The van der Waals surface area contributed by atoms with Gasteiger partial charge in [-0.2, -0.15) is 5.09 Å². The summed E-state index contributed by atoms with van der Waals surface area (Å²) in [4.78, 5) is 38.8. The van der Waals surface area contributed by atoms with E-state index in [1.807, 2.05) is 49.3 Å². The van der Waals surface area contributed by atoms with E-state index < -0.39 is 61.7 Å². The normalized spacial score (nSPS) is 23.8. The van der Waals surface area contributed by atoms with E-state index in [0.29, 0.717) is 5.39 Å². The number of aliphatic hydroxyl groups excluding tert-OH is 1. The second kappa shape index (κ2) is 13.3. The fourth-order valence-electron chi connectivity index (χ4n) is 4.37. The van der Waals surface area contributed by atoms with Gasteiger partial charge in [0.2, 0.25) is 5.60 Å². The van der Waals surface area contributed by atoms with Crippen molar-refractivity contribution in [3.63, 3.8) is 0 Å². The Bertz CT molecular complexity index is 1740. The largest absolute Gasteiger partial charge is 0.464 e. The highest BCUT2D eigenvalue weighted by Gasteiger charge is 2.56. The molecule has 15 heteroatoms. The van der Waals surface area contributed by atoms with Crippen LogP contribution in [0.3, 0.4) is 0 Å². The highest BCUT2D eigenvalue weighted by molar-refractivity contribution is 7.52. The molecule has 3 aromatic rings. The molecular weight excluding hydrogens is 617 g/mol. The van der Waals surface area contributed by atoms with Gasteiger partial charge in [-0.25, -0.2) is 9.36 Å². The molecule has 44 heavy (non-hydrogen) atoms. The van der Waals surface area contributed by atoms with Gasteiger partial charge in [-0.15, -0.1) is 0 Å². The first kappa shape index (κ1) is 33.4. The number of benzene rings is 2. The summed E-state index contributed by atoms with van der Waals surface area (Å²) in [5, 5.41) is 28.2. The first-order valence-corrected chi connectivity index (χ1v) is 15.4. The van der Waals surface area contributed by atoms with Crippen molar-refractivity contribution < 1.29 is 38.1 Å². The van der Waals surface area contributed by atoms with E-state index in [9.17, 15) is 29.2 Å². The minimum atomic E-state index is -4.47. The molecule has 2 heterocycles. The second-order valence-corrected chi connectivity index (χ2v) is 13.3. The van der Waals surface area contributed by atoms with Crippen molar-refractivity contribution in [1.82, 2.24) is 14.6 Å². The number of hydrogen-bond donors (Lipinski definition) is 4. The Morgan fingerprint density at radius 2 is 1.93 bits per heavy atom. The zero-order valence-electron chi connectivity index (χ0n) is 24.4. The Balaban J connectivity index is 1.63. The van der Waals surface area contributed by atoms with Crippen LogP contribution in [-0.2, 0) is 23.4 Å². The lowest BCUT2D eigenvalue weighted by Gasteiger charge is -2.26. The maximum absolute atomic E-state index is 14.2. The van der Waals surface area contributed by atoms with Crippen LogP contribution < -0.4 is 20.9 Å². The number of ether oxygens (including phenoxy) is 2. The third kappa shape index (κ3) is 7.60. The van der Waals surface area contributed by atoms with Crippen LogP contribution >= 0.6 is 19.3 Å². The van der Waals surface area contributed by atoms with Crippen molar-refractivity contribution >= 4 is 36.1 Å². The summed E-state index contributed by atoms with van der Waals surface area (Å²) < 4.78 is 37.7. The zero-order chi connectivity index (χ0) is 32.3. The average molecular weight is 650 g/mol. The van der Waals surface area contributed by atoms with E-state index in [4.69, 9.17) is 30.1 Å². The monoisotopic (exact) mass is 649 g/mol. The van der Waals surface area contributed by atoms with Crippen LogP contribution in [-0.4, -0.2) is 62.8 Å². The second-order valence-electron chi connectivity index (χ2n) is 11.4. The minimum absolute atomic E-state index is 0.0982. The maximum Gasteiger partial charge on any atom is 0.459 e. The van der Waals surface area contributed by atoms with Gasteiger partial charge in [-0.1, -0.05) is 57.2 Å². The van der Waals surface area contributed by atoms with Gasteiger partial charge in [0.05, 0.1) is 13.2 Å². The lowest BCUT2D eigenvalue weighted by Crippen LogP contribution is -2.48. The predicted octanol–water partition coefficient (Wildman–Crippen LogP) is 2.65. The molecule has 1 aromatic heterocycles. The Morgan fingerprint density at radius 1 is 1.23 bits per heavy atom. The van der Waals surface area contributed by atoms with Gasteiger partial charge in [-0.05, 0) is 41.3 Å². The number of nitrogens with zero attached hydrogens (tertiary/aromatic N) is 1. The van der Waals surface area contributed by atoms with E-state index in [1.165, 1.54) is 6.92 Å². The molecule has 1 unspecified atom stereocenters. The third-order valence-corrected chi connectivity index (χ3v) is 8.29. The molecule has 1 aliphatic rings. The summed E-state index contributed by atoms with van der Waals surface area (Å²) in [7, 11) is -4.47. The maximum atomic E-state index is 14.2. The van der Waals surface area contributed by atoms with Gasteiger partial charge in [-0.3, -0.25) is 23.7 Å². The molecule has 0 spiro atoms. The first-order valence-electron chi connectivity index (χ1n) is 13.5. The summed E-state index contributed by atoms with van der Waals surface area (Å²) in [6.07, 6.45) is -3.91. The molecule has 1 fully saturated rings. The van der Waals surface area contributed by atoms with E-state index in [-0.39, 0.29) is 17.8 Å². The van der Waals surface area contributed by atoms with Gasteiger partial charge in [0, 0.05) is 23.0 Å². The van der Waals surface area contributed by atoms with E-state index >= 15 is 0 Å². The lowest BCUT2D eigenvalue weighted by molar-refractivity contribution is -0.148. The Labute approximate surface area is 257 Å². The number of rotatable bonds is 10. The first-order chi connectivity index (χ1) is 20.7. The molecule has 4 rings (SSSR count). The zero-order valence-corrected chi connectivity index (χ0v) is 26.0. The van der Waals surface area contributed by atoms with Gasteiger partial charge in [0.1, 0.15) is 24.0 Å². The summed E-state index contributed by atoms with van der Waals surface area (Å²) >= 11 is 5.55. The minimum Gasteiger partial charge on any atom is -0.464 e. The standard InChI is InChI=1S/C29H33ClN3O10P/c1-18(25(36)40-17-28(2,3)4)32-44(39,43-21-11-7-9-19-8-5-6-10-20(19)21)41-16-22-24(35)29(38,13-14-30)26(42-22)33-15-12-23(34)31-27(33)37/h5-12,15,18,22,24,26,35,38H,16-17H2,1-4H3,(H,32,39)(H,31,34,37)/t18-,22+,24+,26+,29+,44?/m0/s1. The van der Waals surface area contributed by atoms with Crippen molar-refractivity contribution in [2.45, 2.75) is 57.8 Å². The number of nitrogens with one attached hydrogen (secondary N) is 2. The van der Waals surface area contributed by atoms with Crippen molar-refractivity contribution in [1.29, 1.82) is 0 Å². The molecule has 236 valence electrons. The van der Waals surface area contributed by atoms with Crippen LogP contribution in [0.1, 0.15) is 33.9 Å². The number of aromatic amines is 1. The fraction of sp³-hybridized carbons (Fsp3) is 0.414. The van der Waals surface area contributed by atoms with Gasteiger partial charge in [0.25, 0.3) is 5.56 Å². The molecule has 0 saturated carbocycles. The Kier molecular flexibility index (Phi) is 10.1. The smallest absolute Gasteiger partial charge is 0.459 e. The molecule has 1 saturated heterocycles. The summed E-state index contributed by atoms with van der Waals surface area (Å²) in [5.74, 6) is 1.69. The van der Waals surface area contributed by atoms with Crippen molar-refractivity contribution in [2.75, 3.05) is 13.2 Å². The highest BCUT2D eigenvalue weighted by atomic mass is 35.5. The van der Waals surface area contributed by atoms with Crippen LogP contribution in [0.25, 0.3) is 10.8 Å². The van der Waals surface area contributed by atoms with E-state index in [0.717, 1.165) is 22.2 Å². The predicted molar refractivity (Wildman–Crippen MR) is 161 cm³/mol. The number of hydrogen-bond acceptors (Lipinski definition) is 10. The third-order valence-electron chi connectivity index (χ3n) is 6.56. The number of fused-ring (bicyclic) bond motifs is 1. The van der Waals surface area contributed by atoms with Gasteiger partial charge < -0.3 is 24.2 Å². The number of carbonyl (C=O) groups is 1. The summed E-state index contributed by atoms with van der Waals surface area (Å²) in [6.45, 7) is 6.48. The van der Waals surface area contributed by atoms with Gasteiger partial charge in [0.15, 0.2) is 6.23 Å². The summed E-state index contributed by atoms with van der Waals surface area (Å²) in [6, 6.07) is 12.1. The lowest BCUT2D eigenvalue weighted by atomic mass is 9.95. The molecule has 2 aromatic carbocycles. The fourth-order valence-corrected chi connectivity index (χ4v) is 6.05. The molecule has 6 atom stereocenters. The van der Waals surface area contributed by atoms with Crippen LogP contribution in [0.4, 0.5) is 0 Å². The van der Waals surface area contributed by atoms with Crippen LogP contribution in [0.2, 0.25) is 0 Å². The molecule has 1 aliphatic heterocycles. The highest BCUT2D eigenvalue weighted by Crippen LogP contribution is 2.48. The molecule has 0 amide bonds. The average Bonchev–Trinajstić information content (AvgIpc) is 3.19. The molecule has 0 bridgehead atoms. The van der Waals surface area contributed by atoms with E-state index in [1.54, 1.807) is 24.3 Å². The topological polar surface area (TPSA) is 178 Å². The quantitative estimate of drug-likeness (QED) is 0.144. The molecule has 0 radical (unpaired) electrons. The molecule has 13 nitrogen and oxygen atoms in total. The number of H-pyrrole nitrogens is 1. The van der Waals surface area contributed by atoms with Crippen molar-refractivity contribution in [2.24, 2.45) is 5.41 Å². The SMILES string of the molecule is C[C@H](NP(=O)(OC[C@H]1O[C@@H](n2ccc(=O)[nH]c2=O)[C@@](O)(C#CCl)[C@@H]1O)Oc1cccc2ccccc12)C(=O)OCC(C)(C)C. The molecule has 0 aliphatic carbocycles. The molecule has 4 N–H and O–H groups in total. The summed E-state index contributed by atoms with van der Waals surface area (Å²) in [5.41, 5.74) is -4.43. The molecular formula is C29H33ClN3O10P. The van der Waals surface area contributed by atoms with E-state index in [2.05, 4.69) is 11.0 Å². The van der Waals surface area contributed by atoms with Crippen molar-refractivity contribution in [3.05, 3.63) is 75.6 Å². The van der Waals surface area contributed by atoms with Crippen LogP contribution in [0.15, 0.2) is 64.3 Å².